The first-order chi connectivity index (χ1) is 11.6. The van der Waals surface area contributed by atoms with E-state index < -0.39 is 0 Å². The molecule has 24 heavy (non-hydrogen) atoms. The van der Waals surface area contributed by atoms with Crippen molar-refractivity contribution in [2.45, 2.75) is 25.3 Å². The van der Waals surface area contributed by atoms with Gasteiger partial charge < -0.3 is 10.1 Å². The molecule has 1 N–H and O–H groups in total. The van der Waals surface area contributed by atoms with E-state index in [1.807, 2.05) is 29.6 Å². The lowest BCUT2D eigenvalue weighted by molar-refractivity contribution is -0.141. The number of carbonyl (C=O) groups is 2. The van der Waals surface area contributed by atoms with Crippen LogP contribution in [0.25, 0.3) is 0 Å². The summed E-state index contributed by atoms with van der Waals surface area (Å²) in [6, 6.07) is 12.6. The SMILES string of the molecule is COC(=O)C[C@H](NC(=O)CCc1ccc(C#N)cc1)c1cccs1. The molecule has 1 atom stereocenters. The average Bonchev–Trinajstić information content (AvgIpc) is 3.14. The highest BCUT2D eigenvalue weighted by atomic mass is 32.1. The van der Waals surface area contributed by atoms with Gasteiger partial charge in [0, 0.05) is 11.3 Å². The highest BCUT2D eigenvalue weighted by Crippen LogP contribution is 2.22. The molecule has 1 heterocycles. The smallest absolute Gasteiger partial charge is 0.307 e. The number of methoxy groups -OCH3 is 1. The van der Waals surface area contributed by atoms with Gasteiger partial charge in [0.1, 0.15) is 0 Å². The fraction of sp³-hybridized carbons (Fsp3) is 0.278. The molecule has 0 unspecified atom stereocenters. The maximum absolute atomic E-state index is 12.2. The van der Waals surface area contributed by atoms with Crippen molar-refractivity contribution in [3.05, 3.63) is 57.8 Å². The van der Waals surface area contributed by atoms with E-state index in [1.165, 1.54) is 18.4 Å². The molecule has 0 aliphatic carbocycles. The Morgan fingerprint density at radius 3 is 2.62 bits per heavy atom. The molecule has 0 spiro atoms. The summed E-state index contributed by atoms with van der Waals surface area (Å²) in [5.41, 5.74) is 1.59. The van der Waals surface area contributed by atoms with Crippen LogP contribution in [0.1, 0.15) is 34.9 Å². The van der Waals surface area contributed by atoms with Crippen LogP contribution in [0.5, 0.6) is 0 Å². The van der Waals surface area contributed by atoms with Crippen molar-refractivity contribution in [1.29, 1.82) is 5.26 Å². The summed E-state index contributed by atoms with van der Waals surface area (Å²) >= 11 is 1.49. The first-order valence-electron chi connectivity index (χ1n) is 7.51. The normalized spacial score (nSPS) is 11.3. The van der Waals surface area contributed by atoms with Crippen LogP contribution in [0.15, 0.2) is 41.8 Å². The molecular weight excluding hydrogens is 324 g/mol. The predicted molar refractivity (Wildman–Crippen MR) is 91.3 cm³/mol. The zero-order valence-electron chi connectivity index (χ0n) is 13.3. The molecule has 0 aliphatic rings. The van der Waals surface area contributed by atoms with E-state index in [9.17, 15) is 9.59 Å². The van der Waals surface area contributed by atoms with Crippen molar-refractivity contribution >= 4 is 23.2 Å². The summed E-state index contributed by atoms with van der Waals surface area (Å²) in [6.07, 6.45) is 1.00. The van der Waals surface area contributed by atoms with Crippen molar-refractivity contribution in [2.24, 2.45) is 0 Å². The third-order valence-electron chi connectivity index (χ3n) is 3.54. The number of hydrogen-bond donors (Lipinski definition) is 1. The van der Waals surface area contributed by atoms with Crippen LogP contribution in [0.4, 0.5) is 0 Å². The highest BCUT2D eigenvalue weighted by molar-refractivity contribution is 7.10. The first kappa shape index (κ1) is 17.7. The predicted octanol–water partition coefficient (Wildman–Crippen LogP) is 2.97. The Bertz CT molecular complexity index is 718. The number of aryl methyl sites for hydroxylation is 1. The van der Waals surface area contributed by atoms with E-state index in [1.54, 1.807) is 12.1 Å². The minimum Gasteiger partial charge on any atom is -0.469 e. The van der Waals surface area contributed by atoms with Gasteiger partial charge >= 0.3 is 5.97 Å². The van der Waals surface area contributed by atoms with E-state index in [0.717, 1.165) is 10.4 Å². The van der Waals surface area contributed by atoms with Gasteiger partial charge in [0.05, 0.1) is 31.2 Å². The van der Waals surface area contributed by atoms with Crippen molar-refractivity contribution in [2.75, 3.05) is 7.11 Å². The van der Waals surface area contributed by atoms with Gasteiger partial charge in [0.25, 0.3) is 0 Å². The number of benzene rings is 1. The van der Waals surface area contributed by atoms with Crippen molar-refractivity contribution in [1.82, 2.24) is 5.32 Å². The maximum Gasteiger partial charge on any atom is 0.307 e. The number of thiophene rings is 1. The number of nitriles is 1. The van der Waals surface area contributed by atoms with Crippen molar-refractivity contribution in [3.8, 4) is 6.07 Å². The van der Waals surface area contributed by atoms with Gasteiger partial charge in [0.15, 0.2) is 0 Å². The largest absolute Gasteiger partial charge is 0.469 e. The van der Waals surface area contributed by atoms with Gasteiger partial charge in [-0.3, -0.25) is 9.59 Å². The number of nitrogens with zero attached hydrogens (tertiary/aromatic N) is 1. The van der Waals surface area contributed by atoms with E-state index in [2.05, 4.69) is 11.4 Å². The molecule has 0 bridgehead atoms. The summed E-state index contributed by atoms with van der Waals surface area (Å²) in [4.78, 5) is 24.7. The second kappa shape index (κ2) is 8.85. The summed E-state index contributed by atoms with van der Waals surface area (Å²) in [6.45, 7) is 0. The standard InChI is InChI=1S/C18H18N2O3S/c1-23-18(22)11-15(16-3-2-10-24-16)20-17(21)9-8-13-4-6-14(12-19)7-5-13/h2-7,10,15H,8-9,11H2,1H3,(H,20,21)/t15-/m0/s1. The number of esters is 1. The van der Waals surface area contributed by atoms with Gasteiger partial charge in [-0.25, -0.2) is 0 Å². The van der Waals surface area contributed by atoms with Crippen molar-refractivity contribution in [3.63, 3.8) is 0 Å². The number of ether oxygens (including phenoxy) is 1. The Balaban J connectivity index is 1.92. The zero-order chi connectivity index (χ0) is 17.4. The van der Waals surface area contributed by atoms with Crippen LogP contribution in [0.2, 0.25) is 0 Å². The van der Waals surface area contributed by atoms with Crippen LogP contribution in [0, 0.1) is 11.3 Å². The van der Waals surface area contributed by atoms with Crippen LogP contribution < -0.4 is 5.32 Å². The second-order valence-corrected chi connectivity index (χ2v) is 6.20. The number of amides is 1. The Kier molecular flexibility index (Phi) is 6.52. The lowest BCUT2D eigenvalue weighted by Gasteiger charge is -2.16. The molecule has 1 aromatic heterocycles. The molecule has 6 heteroatoms. The van der Waals surface area contributed by atoms with Crippen LogP contribution in [-0.4, -0.2) is 19.0 Å². The quantitative estimate of drug-likeness (QED) is 0.785. The molecule has 0 saturated heterocycles. The molecule has 1 aromatic carbocycles. The Labute approximate surface area is 144 Å². The van der Waals surface area contributed by atoms with Gasteiger partial charge in [-0.1, -0.05) is 18.2 Å². The van der Waals surface area contributed by atoms with Crippen LogP contribution in [0.3, 0.4) is 0 Å². The molecule has 0 fully saturated rings. The lowest BCUT2D eigenvalue weighted by atomic mass is 10.1. The van der Waals surface area contributed by atoms with E-state index in [4.69, 9.17) is 10.00 Å². The van der Waals surface area contributed by atoms with Gasteiger partial charge in [-0.2, -0.15) is 5.26 Å². The van der Waals surface area contributed by atoms with Crippen molar-refractivity contribution < 1.29 is 14.3 Å². The second-order valence-electron chi connectivity index (χ2n) is 5.22. The monoisotopic (exact) mass is 342 g/mol. The molecule has 5 nitrogen and oxygen atoms in total. The van der Waals surface area contributed by atoms with Crippen LogP contribution >= 0.6 is 11.3 Å². The molecule has 0 aliphatic heterocycles. The lowest BCUT2D eigenvalue weighted by Crippen LogP contribution is -2.30. The van der Waals surface area contributed by atoms with E-state index in [-0.39, 0.29) is 24.3 Å². The molecule has 2 aromatic rings. The fourth-order valence-corrected chi connectivity index (χ4v) is 3.01. The fourth-order valence-electron chi connectivity index (χ4n) is 2.23. The maximum atomic E-state index is 12.2. The summed E-state index contributed by atoms with van der Waals surface area (Å²) < 4.78 is 4.70. The van der Waals surface area contributed by atoms with Crippen LogP contribution in [-0.2, 0) is 20.7 Å². The molecule has 1 amide bonds. The Morgan fingerprint density at radius 2 is 2.04 bits per heavy atom. The van der Waals surface area contributed by atoms with E-state index >= 15 is 0 Å². The molecule has 2 rings (SSSR count). The highest BCUT2D eigenvalue weighted by Gasteiger charge is 2.19. The zero-order valence-corrected chi connectivity index (χ0v) is 14.1. The van der Waals surface area contributed by atoms with Gasteiger partial charge in [-0.05, 0) is 35.6 Å². The molecular formula is C18H18N2O3S. The number of rotatable bonds is 7. The third kappa shape index (κ3) is 5.21. The number of hydrogen-bond acceptors (Lipinski definition) is 5. The average molecular weight is 342 g/mol. The summed E-state index contributed by atoms with van der Waals surface area (Å²) in [7, 11) is 1.33. The number of nitrogens with one attached hydrogen (secondary N) is 1. The first-order valence-corrected chi connectivity index (χ1v) is 8.39. The third-order valence-corrected chi connectivity index (χ3v) is 4.53. The van der Waals surface area contributed by atoms with Gasteiger partial charge in [0.2, 0.25) is 5.91 Å². The minimum atomic E-state index is -0.370. The number of carbonyl (C=O) groups excluding carboxylic acids is 2. The van der Waals surface area contributed by atoms with Gasteiger partial charge in [-0.15, -0.1) is 11.3 Å². The molecule has 0 saturated carbocycles. The Hall–Kier alpha value is -2.65. The summed E-state index contributed by atoms with van der Waals surface area (Å²) in [5, 5.41) is 13.6. The molecule has 0 radical (unpaired) electrons. The Morgan fingerprint density at radius 1 is 1.29 bits per heavy atom. The molecule has 124 valence electrons. The topological polar surface area (TPSA) is 79.2 Å². The van der Waals surface area contributed by atoms with E-state index in [0.29, 0.717) is 18.4 Å². The minimum absolute atomic E-state index is 0.111. The summed E-state index contributed by atoms with van der Waals surface area (Å²) in [5.74, 6) is -0.484.